The van der Waals surface area contributed by atoms with Gasteiger partial charge in [0.15, 0.2) is 6.10 Å². The first kappa shape index (κ1) is 79.1. The largest absolute Gasteiger partial charge is 0.462 e. The van der Waals surface area contributed by atoms with Crippen molar-refractivity contribution in [1.29, 1.82) is 0 Å². The summed E-state index contributed by atoms with van der Waals surface area (Å²) in [7, 11) is 0. The molecule has 476 valence electrons. The monoisotopic (exact) mass is 1150 g/mol. The molecule has 0 aliphatic carbocycles. The number of esters is 3. The molecule has 0 N–H and O–H groups in total. The van der Waals surface area contributed by atoms with Crippen molar-refractivity contribution in [3.8, 4) is 0 Å². The van der Waals surface area contributed by atoms with E-state index < -0.39 is 6.10 Å². The standard InChI is InChI=1S/C77H132O6/c1-4-7-10-13-16-19-22-25-28-31-34-36-38-40-43-46-49-52-55-58-61-64-67-70-76(79)82-73-74(72-81-75(78)69-66-63-60-57-54-51-48-45-42-33-30-27-24-21-18-15-12-9-6-3)83-77(80)71-68-65-62-59-56-53-50-47-44-41-39-37-35-32-29-26-23-20-17-14-11-8-5-2/h7,10,16,19,25,27-28,30,32,34-36,40,43,49,52,58,61,74H,4-6,8-9,11-15,17-18,20-24,26,29,31,33,37-39,41-42,44-48,50-51,53-57,59-60,62-73H2,1-3H3/b10-7-,19-16-,28-25-,30-27-,35-32-,36-34-,43-40-,52-49-,61-58-. The average molecular weight is 1150 g/mol. The van der Waals surface area contributed by atoms with E-state index in [1.165, 1.54) is 205 Å². The summed E-state index contributed by atoms with van der Waals surface area (Å²) in [6.07, 6.45) is 96.8. The molecule has 0 spiro atoms. The highest BCUT2D eigenvalue weighted by molar-refractivity contribution is 5.71. The van der Waals surface area contributed by atoms with Crippen molar-refractivity contribution in [2.24, 2.45) is 0 Å². The number of ether oxygens (including phenoxy) is 3. The van der Waals surface area contributed by atoms with Crippen LogP contribution in [0.15, 0.2) is 109 Å². The van der Waals surface area contributed by atoms with E-state index >= 15 is 0 Å². The minimum Gasteiger partial charge on any atom is -0.462 e. The fourth-order valence-electron chi connectivity index (χ4n) is 9.95. The fraction of sp³-hybridized carbons (Fsp3) is 0.727. The maximum Gasteiger partial charge on any atom is 0.306 e. The highest BCUT2D eigenvalue weighted by Crippen LogP contribution is 2.17. The SMILES string of the molecule is CC/C=C\C/C=C\C/C=C\C/C=C\C/C=C\C/C=C\C/C=C\CCCC(=O)OCC(COC(=O)CCCCCCCCCCC/C=C\CCCCCCCC)OC(=O)CCCCCCCCCCCCC/C=C\CCCCCCCCCC. The Balaban J connectivity index is 4.46. The Bertz CT molecular complexity index is 1660. The third-order valence-corrected chi connectivity index (χ3v) is 15.2. The van der Waals surface area contributed by atoms with E-state index in [0.29, 0.717) is 19.3 Å². The molecule has 0 aliphatic heterocycles. The molecule has 0 heterocycles. The first-order valence-corrected chi connectivity index (χ1v) is 35.4. The summed E-state index contributed by atoms with van der Waals surface area (Å²) < 4.78 is 17.0. The van der Waals surface area contributed by atoms with Crippen LogP contribution in [0.2, 0.25) is 0 Å². The molecule has 6 nitrogen and oxygen atoms in total. The Morgan fingerprint density at radius 2 is 0.482 bits per heavy atom. The van der Waals surface area contributed by atoms with Gasteiger partial charge in [0.1, 0.15) is 13.2 Å². The van der Waals surface area contributed by atoms with E-state index in [4.69, 9.17) is 14.2 Å². The topological polar surface area (TPSA) is 78.9 Å². The Labute approximate surface area is 514 Å². The first-order chi connectivity index (χ1) is 41.0. The molecule has 83 heavy (non-hydrogen) atoms. The average Bonchev–Trinajstić information content (AvgIpc) is 3.49. The normalized spacial score (nSPS) is 12.8. The Morgan fingerprint density at radius 3 is 0.795 bits per heavy atom. The van der Waals surface area contributed by atoms with Crippen LogP contribution in [0.4, 0.5) is 0 Å². The lowest BCUT2D eigenvalue weighted by atomic mass is 10.0. The molecule has 0 radical (unpaired) electrons. The molecular weight excluding hydrogens is 1020 g/mol. The summed E-state index contributed by atoms with van der Waals surface area (Å²) in [4.78, 5) is 38.5. The van der Waals surface area contributed by atoms with Crippen LogP contribution in [0.3, 0.4) is 0 Å². The van der Waals surface area contributed by atoms with Crippen molar-refractivity contribution in [3.05, 3.63) is 109 Å². The zero-order valence-electron chi connectivity index (χ0n) is 54.7. The number of rotatable bonds is 64. The maximum atomic E-state index is 13.0. The van der Waals surface area contributed by atoms with Gasteiger partial charge in [-0.05, 0) is 122 Å². The molecule has 1 unspecified atom stereocenters. The second-order valence-electron chi connectivity index (χ2n) is 23.4. The third kappa shape index (κ3) is 68.7. The van der Waals surface area contributed by atoms with Crippen molar-refractivity contribution in [3.63, 3.8) is 0 Å². The van der Waals surface area contributed by atoms with Gasteiger partial charge in [-0.15, -0.1) is 0 Å². The molecule has 0 rings (SSSR count). The Hall–Kier alpha value is -3.93. The van der Waals surface area contributed by atoms with Crippen molar-refractivity contribution < 1.29 is 28.6 Å². The van der Waals surface area contributed by atoms with E-state index in [-0.39, 0.29) is 37.5 Å². The van der Waals surface area contributed by atoms with E-state index in [1.54, 1.807) is 0 Å². The smallest absolute Gasteiger partial charge is 0.306 e. The molecule has 0 saturated carbocycles. The lowest BCUT2D eigenvalue weighted by Crippen LogP contribution is -2.30. The van der Waals surface area contributed by atoms with Crippen LogP contribution in [-0.2, 0) is 28.6 Å². The molecule has 0 amide bonds. The van der Waals surface area contributed by atoms with Gasteiger partial charge in [-0.25, -0.2) is 0 Å². The number of carbonyl (C=O) groups excluding carboxylic acids is 3. The number of hydrogen-bond donors (Lipinski definition) is 0. The van der Waals surface area contributed by atoms with Gasteiger partial charge < -0.3 is 14.2 Å². The number of allylic oxidation sites excluding steroid dienone is 18. The summed E-state index contributed by atoms with van der Waals surface area (Å²) in [5.41, 5.74) is 0. The van der Waals surface area contributed by atoms with Crippen molar-refractivity contribution in [1.82, 2.24) is 0 Å². The Morgan fingerprint density at radius 1 is 0.253 bits per heavy atom. The first-order valence-electron chi connectivity index (χ1n) is 35.4. The van der Waals surface area contributed by atoms with Gasteiger partial charge in [-0.2, -0.15) is 0 Å². The van der Waals surface area contributed by atoms with E-state index in [9.17, 15) is 14.4 Å². The summed E-state index contributed by atoms with van der Waals surface area (Å²) in [5.74, 6) is -0.948. The number of hydrogen-bond acceptors (Lipinski definition) is 6. The van der Waals surface area contributed by atoms with Crippen LogP contribution in [-0.4, -0.2) is 37.2 Å². The molecule has 1 atom stereocenters. The number of carbonyl (C=O) groups is 3. The molecule has 0 aromatic heterocycles. The molecular formula is C77H132O6. The van der Waals surface area contributed by atoms with Gasteiger partial charge in [0.25, 0.3) is 0 Å². The molecule has 6 heteroatoms. The van der Waals surface area contributed by atoms with Gasteiger partial charge in [0.05, 0.1) is 0 Å². The zero-order valence-corrected chi connectivity index (χ0v) is 54.7. The minimum absolute atomic E-state index is 0.0967. The van der Waals surface area contributed by atoms with Gasteiger partial charge in [-0.3, -0.25) is 14.4 Å². The third-order valence-electron chi connectivity index (χ3n) is 15.2. The summed E-state index contributed by atoms with van der Waals surface area (Å²) >= 11 is 0. The molecule has 0 aliphatic rings. The minimum atomic E-state index is -0.807. The number of unbranched alkanes of at least 4 members (excludes halogenated alkanes) is 35. The lowest BCUT2D eigenvalue weighted by molar-refractivity contribution is -0.167. The van der Waals surface area contributed by atoms with Gasteiger partial charge >= 0.3 is 17.9 Å². The molecule has 0 bridgehead atoms. The maximum absolute atomic E-state index is 13.0. The molecule has 0 aromatic carbocycles. The van der Waals surface area contributed by atoms with Crippen LogP contribution in [0, 0.1) is 0 Å². The quantitative estimate of drug-likeness (QED) is 0.0261. The second kappa shape index (κ2) is 70.6. The molecule has 0 saturated heterocycles. The van der Waals surface area contributed by atoms with Gasteiger partial charge in [0, 0.05) is 19.3 Å². The summed E-state index contributed by atoms with van der Waals surface area (Å²) in [5, 5.41) is 0. The summed E-state index contributed by atoms with van der Waals surface area (Å²) in [6, 6.07) is 0. The second-order valence-corrected chi connectivity index (χ2v) is 23.4. The zero-order chi connectivity index (χ0) is 59.9. The van der Waals surface area contributed by atoms with Crippen LogP contribution in [0.25, 0.3) is 0 Å². The van der Waals surface area contributed by atoms with E-state index in [1.807, 2.05) is 0 Å². The van der Waals surface area contributed by atoms with Crippen LogP contribution >= 0.6 is 0 Å². The van der Waals surface area contributed by atoms with Crippen LogP contribution in [0.5, 0.6) is 0 Å². The van der Waals surface area contributed by atoms with Crippen LogP contribution < -0.4 is 0 Å². The lowest BCUT2D eigenvalue weighted by Gasteiger charge is -2.18. The van der Waals surface area contributed by atoms with Crippen LogP contribution in [0.1, 0.15) is 342 Å². The van der Waals surface area contributed by atoms with Crippen molar-refractivity contribution >= 4 is 17.9 Å². The van der Waals surface area contributed by atoms with E-state index in [2.05, 4.69) is 130 Å². The van der Waals surface area contributed by atoms with E-state index in [0.717, 1.165) is 89.9 Å². The predicted octanol–water partition coefficient (Wildman–Crippen LogP) is 24.6. The predicted molar refractivity (Wildman–Crippen MR) is 362 cm³/mol. The highest BCUT2D eigenvalue weighted by atomic mass is 16.6. The summed E-state index contributed by atoms with van der Waals surface area (Å²) in [6.45, 7) is 6.51. The Kier molecular flexibility index (Phi) is 67.2. The van der Waals surface area contributed by atoms with Crippen molar-refractivity contribution in [2.45, 2.75) is 348 Å². The van der Waals surface area contributed by atoms with Gasteiger partial charge in [-0.1, -0.05) is 310 Å². The fourth-order valence-corrected chi connectivity index (χ4v) is 9.95. The van der Waals surface area contributed by atoms with Crippen molar-refractivity contribution in [2.75, 3.05) is 13.2 Å². The highest BCUT2D eigenvalue weighted by Gasteiger charge is 2.19. The molecule has 0 fully saturated rings. The van der Waals surface area contributed by atoms with Gasteiger partial charge in [0.2, 0.25) is 0 Å². The molecule has 0 aromatic rings.